The Kier molecular flexibility index (Phi) is 2.78. The molecule has 0 aliphatic heterocycles. The molecule has 1 aromatic heterocycles. The van der Waals surface area contributed by atoms with Crippen LogP contribution in [-0.2, 0) is 0 Å². The van der Waals surface area contributed by atoms with E-state index in [0.717, 1.165) is 11.3 Å². The Hall–Kier alpha value is -1.62. The summed E-state index contributed by atoms with van der Waals surface area (Å²) in [7, 11) is 0. The molecule has 0 radical (unpaired) electrons. The Morgan fingerprint density at radius 2 is 2.06 bits per heavy atom. The van der Waals surface area contributed by atoms with Crippen LogP contribution in [0.15, 0.2) is 39.7 Å². The van der Waals surface area contributed by atoms with Crippen LogP contribution in [0.4, 0.5) is 5.69 Å². The van der Waals surface area contributed by atoms with E-state index < -0.39 is 0 Å². The zero-order valence-electron chi connectivity index (χ0n) is 8.64. The van der Waals surface area contributed by atoms with Gasteiger partial charge in [-0.2, -0.15) is 9.78 Å². The number of hydrogen-bond acceptors (Lipinski definition) is 3. The Balaban J connectivity index is 2.72. The predicted molar refractivity (Wildman–Crippen MR) is 66.7 cm³/mol. The summed E-state index contributed by atoms with van der Waals surface area (Å²) in [5.41, 5.74) is 7.41. The number of rotatable bonds is 1. The highest BCUT2D eigenvalue weighted by atomic mass is 79.9. The van der Waals surface area contributed by atoms with E-state index in [1.807, 2.05) is 31.2 Å². The fraction of sp³-hybridized carbons (Fsp3) is 0.0909. The molecule has 16 heavy (non-hydrogen) atoms. The lowest BCUT2D eigenvalue weighted by atomic mass is 10.2. The molecular weight excluding hydrogens is 270 g/mol. The van der Waals surface area contributed by atoms with Gasteiger partial charge in [0.25, 0.3) is 5.56 Å². The highest BCUT2D eigenvalue weighted by Gasteiger charge is 2.08. The van der Waals surface area contributed by atoms with Crippen LogP contribution in [0.25, 0.3) is 5.69 Å². The molecule has 0 saturated carbocycles. The smallest absolute Gasteiger partial charge is 0.287 e. The molecule has 0 aliphatic carbocycles. The number of halogens is 1. The Morgan fingerprint density at radius 3 is 2.75 bits per heavy atom. The van der Waals surface area contributed by atoms with E-state index in [9.17, 15) is 4.79 Å². The van der Waals surface area contributed by atoms with Gasteiger partial charge >= 0.3 is 0 Å². The third-order valence-corrected chi connectivity index (χ3v) is 3.09. The van der Waals surface area contributed by atoms with Crippen molar-refractivity contribution >= 4 is 21.6 Å². The van der Waals surface area contributed by atoms with Crippen LogP contribution in [0, 0.1) is 6.92 Å². The highest BCUT2D eigenvalue weighted by molar-refractivity contribution is 9.10. The Morgan fingerprint density at radius 1 is 1.38 bits per heavy atom. The lowest BCUT2D eigenvalue weighted by Gasteiger charge is -2.08. The molecule has 1 heterocycles. The molecule has 1 aromatic carbocycles. The first kappa shape index (κ1) is 10.9. The second-order valence-electron chi connectivity index (χ2n) is 3.42. The normalized spacial score (nSPS) is 10.4. The van der Waals surface area contributed by atoms with Crippen molar-refractivity contribution < 1.29 is 0 Å². The first-order valence-corrected chi connectivity index (χ1v) is 5.50. The van der Waals surface area contributed by atoms with Gasteiger partial charge in [-0.15, -0.1) is 0 Å². The summed E-state index contributed by atoms with van der Waals surface area (Å²) in [4.78, 5) is 11.9. The molecule has 0 fully saturated rings. The topological polar surface area (TPSA) is 60.9 Å². The van der Waals surface area contributed by atoms with E-state index in [4.69, 9.17) is 5.73 Å². The van der Waals surface area contributed by atoms with Gasteiger partial charge in [0.05, 0.1) is 17.6 Å². The summed E-state index contributed by atoms with van der Waals surface area (Å²) in [5, 5.41) is 4.02. The summed E-state index contributed by atoms with van der Waals surface area (Å²) in [5.74, 6) is 0. The van der Waals surface area contributed by atoms with Crippen molar-refractivity contribution in [2.45, 2.75) is 6.92 Å². The number of aryl methyl sites for hydroxylation is 1. The molecule has 5 heteroatoms. The van der Waals surface area contributed by atoms with E-state index in [2.05, 4.69) is 21.0 Å². The molecule has 0 amide bonds. The van der Waals surface area contributed by atoms with E-state index in [-0.39, 0.29) is 5.56 Å². The number of anilines is 1. The van der Waals surface area contributed by atoms with Gasteiger partial charge in [0.15, 0.2) is 0 Å². The molecular formula is C11H10BrN3O. The van der Waals surface area contributed by atoms with Crippen molar-refractivity contribution in [3.8, 4) is 5.69 Å². The molecule has 0 saturated heterocycles. The van der Waals surface area contributed by atoms with Crippen LogP contribution in [0.3, 0.4) is 0 Å². The molecule has 0 spiro atoms. The number of nitrogen functional groups attached to an aromatic ring is 1. The molecule has 0 bridgehead atoms. The maximum Gasteiger partial charge on any atom is 0.287 e. The van der Waals surface area contributed by atoms with Crippen LogP contribution >= 0.6 is 15.9 Å². The molecule has 2 N–H and O–H groups in total. The van der Waals surface area contributed by atoms with Crippen molar-refractivity contribution in [2.24, 2.45) is 0 Å². The number of para-hydroxylation sites is 1. The lowest BCUT2D eigenvalue weighted by Crippen LogP contribution is -2.23. The van der Waals surface area contributed by atoms with Gasteiger partial charge in [0, 0.05) is 0 Å². The zero-order chi connectivity index (χ0) is 11.7. The van der Waals surface area contributed by atoms with Crippen LogP contribution in [-0.4, -0.2) is 9.78 Å². The third kappa shape index (κ3) is 1.74. The second kappa shape index (κ2) is 4.09. The fourth-order valence-corrected chi connectivity index (χ4v) is 1.69. The Bertz CT molecular complexity index is 592. The van der Waals surface area contributed by atoms with E-state index in [1.54, 1.807) is 0 Å². The van der Waals surface area contributed by atoms with Crippen molar-refractivity contribution in [3.05, 3.63) is 50.9 Å². The largest absolute Gasteiger partial charge is 0.396 e. The average Bonchev–Trinajstić information content (AvgIpc) is 2.28. The monoisotopic (exact) mass is 279 g/mol. The summed E-state index contributed by atoms with van der Waals surface area (Å²) >= 11 is 3.15. The highest BCUT2D eigenvalue weighted by Crippen LogP contribution is 2.15. The Labute approximate surface area is 101 Å². The minimum Gasteiger partial charge on any atom is -0.396 e. The summed E-state index contributed by atoms with van der Waals surface area (Å²) in [6.45, 7) is 1.92. The minimum atomic E-state index is -0.255. The van der Waals surface area contributed by atoms with Crippen LogP contribution in [0.1, 0.15) is 5.56 Å². The first-order chi connectivity index (χ1) is 7.61. The van der Waals surface area contributed by atoms with Crippen LogP contribution in [0.5, 0.6) is 0 Å². The standard InChI is InChI=1S/C11H10BrN3O/c1-7-4-2-3-5-9(7)15-11(16)10(12)8(13)6-14-15/h2-6H,13H2,1H3. The molecule has 0 aliphatic rings. The number of nitrogens with zero attached hydrogens (tertiary/aromatic N) is 2. The maximum atomic E-state index is 11.9. The quantitative estimate of drug-likeness (QED) is 0.867. The fourth-order valence-electron chi connectivity index (χ4n) is 1.42. The SMILES string of the molecule is Cc1ccccc1-n1ncc(N)c(Br)c1=O. The van der Waals surface area contributed by atoms with Gasteiger partial charge in [-0.1, -0.05) is 18.2 Å². The van der Waals surface area contributed by atoms with Crippen molar-refractivity contribution in [1.82, 2.24) is 9.78 Å². The zero-order valence-corrected chi connectivity index (χ0v) is 10.2. The second-order valence-corrected chi connectivity index (χ2v) is 4.21. The number of hydrogen-bond donors (Lipinski definition) is 1. The summed E-state index contributed by atoms with van der Waals surface area (Å²) in [6.07, 6.45) is 1.46. The van der Waals surface area contributed by atoms with Gasteiger partial charge in [0.1, 0.15) is 4.47 Å². The molecule has 2 rings (SSSR count). The van der Waals surface area contributed by atoms with Gasteiger partial charge in [-0.25, -0.2) is 0 Å². The lowest BCUT2D eigenvalue weighted by molar-refractivity contribution is 0.798. The summed E-state index contributed by atoms with van der Waals surface area (Å²) < 4.78 is 1.67. The van der Waals surface area contributed by atoms with E-state index in [0.29, 0.717) is 10.2 Å². The van der Waals surface area contributed by atoms with Crippen molar-refractivity contribution in [1.29, 1.82) is 0 Å². The molecule has 0 unspecified atom stereocenters. The third-order valence-electron chi connectivity index (χ3n) is 2.29. The van der Waals surface area contributed by atoms with Crippen LogP contribution < -0.4 is 11.3 Å². The number of nitrogens with two attached hydrogens (primary N) is 1. The predicted octanol–water partition coefficient (Wildman–Crippen LogP) is 1.89. The van der Waals surface area contributed by atoms with Crippen molar-refractivity contribution in [3.63, 3.8) is 0 Å². The van der Waals surface area contributed by atoms with E-state index in [1.165, 1.54) is 10.9 Å². The maximum absolute atomic E-state index is 11.9. The first-order valence-electron chi connectivity index (χ1n) is 4.70. The van der Waals surface area contributed by atoms with Gasteiger partial charge in [0.2, 0.25) is 0 Å². The molecule has 4 nitrogen and oxygen atoms in total. The van der Waals surface area contributed by atoms with Crippen LogP contribution in [0.2, 0.25) is 0 Å². The van der Waals surface area contributed by atoms with Gasteiger partial charge in [-0.05, 0) is 34.5 Å². The van der Waals surface area contributed by atoms with Gasteiger partial charge in [-0.3, -0.25) is 4.79 Å². The van der Waals surface area contributed by atoms with Crippen molar-refractivity contribution in [2.75, 3.05) is 5.73 Å². The average molecular weight is 280 g/mol. The molecule has 0 atom stereocenters. The summed E-state index contributed by atoms with van der Waals surface area (Å²) in [6, 6.07) is 7.54. The van der Waals surface area contributed by atoms with E-state index >= 15 is 0 Å². The molecule has 2 aromatic rings. The minimum absolute atomic E-state index is 0.255. The number of aromatic nitrogens is 2. The molecule has 82 valence electrons. The van der Waals surface area contributed by atoms with Gasteiger partial charge < -0.3 is 5.73 Å². The number of benzene rings is 1.